The molecule has 0 aliphatic carbocycles. The van der Waals surface area contributed by atoms with Crippen molar-refractivity contribution in [1.82, 2.24) is 10.3 Å². The molecule has 0 saturated carbocycles. The van der Waals surface area contributed by atoms with Crippen LogP contribution in [0.5, 0.6) is 17.2 Å². The van der Waals surface area contributed by atoms with Crippen molar-refractivity contribution in [2.24, 2.45) is 0 Å². The minimum Gasteiger partial charge on any atom is -0.493 e. The molecule has 3 aromatic rings. The monoisotopic (exact) mass is 412 g/mol. The van der Waals surface area contributed by atoms with Gasteiger partial charge in [-0.05, 0) is 30.2 Å². The Morgan fingerprint density at radius 2 is 1.73 bits per heavy atom. The fraction of sp³-hybridized carbons (Fsp3) is 0.273. The Balaban J connectivity index is 1.54. The van der Waals surface area contributed by atoms with E-state index in [-0.39, 0.29) is 23.0 Å². The SMILES string of the molecule is COc1ccc(C(=O)OCC(=O)NCCc2c[nH]c3ccccc23)c(OC)c1OC. The Kier molecular flexibility index (Phi) is 6.79. The lowest BCUT2D eigenvalue weighted by Gasteiger charge is -2.15. The van der Waals surface area contributed by atoms with E-state index in [0.717, 1.165) is 16.5 Å². The molecule has 8 heteroatoms. The van der Waals surface area contributed by atoms with E-state index in [1.807, 2.05) is 30.5 Å². The largest absolute Gasteiger partial charge is 0.493 e. The predicted octanol–water partition coefficient (Wildman–Crippen LogP) is 2.71. The molecule has 0 saturated heterocycles. The number of H-pyrrole nitrogens is 1. The first kappa shape index (κ1) is 21.0. The molecule has 0 spiro atoms. The quantitative estimate of drug-likeness (QED) is 0.525. The zero-order chi connectivity index (χ0) is 21.5. The molecule has 1 amide bonds. The lowest BCUT2D eigenvalue weighted by atomic mass is 10.1. The Bertz CT molecular complexity index is 1040. The molecule has 0 aliphatic rings. The molecule has 0 unspecified atom stereocenters. The molecule has 30 heavy (non-hydrogen) atoms. The van der Waals surface area contributed by atoms with Crippen molar-refractivity contribution in [1.29, 1.82) is 0 Å². The van der Waals surface area contributed by atoms with Crippen molar-refractivity contribution >= 4 is 22.8 Å². The third kappa shape index (κ3) is 4.48. The number of carbonyl (C=O) groups excluding carboxylic acids is 2. The van der Waals surface area contributed by atoms with E-state index < -0.39 is 12.6 Å². The summed E-state index contributed by atoms with van der Waals surface area (Å²) >= 11 is 0. The zero-order valence-corrected chi connectivity index (χ0v) is 17.1. The molecule has 1 aromatic heterocycles. The summed E-state index contributed by atoms with van der Waals surface area (Å²) in [7, 11) is 4.33. The van der Waals surface area contributed by atoms with E-state index >= 15 is 0 Å². The van der Waals surface area contributed by atoms with Crippen LogP contribution in [0.2, 0.25) is 0 Å². The number of rotatable bonds is 9. The standard InChI is InChI=1S/C22H24N2O6/c1-27-18-9-8-16(20(28-2)21(18)29-3)22(26)30-13-19(25)23-11-10-14-12-24-17-7-5-4-6-15(14)17/h4-9,12,24H,10-11,13H2,1-3H3,(H,23,25). The molecule has 2 aromatic carbocycles. The highest BCUT2D eigenvalue weighted by Crippen LogP contribution is 2.39. The number of aromatic amines is 1. The number of aromatic nitrogens is 1. The number of methoxy groups -OCH3 is 3. The van der Waals surface area contributed by atoms with Gasteiger partial charge < -0.3 is 29.2 Å². The number of ether oxygens (including phenoxy) is 4. The van der Waals surface area contributed by atoms with Gasteiger partial charge in [-0.15, -0.1) is 0 Å². The second-order valence-corrected chi connectivity index (χ2v) is 6.42. The average Bonchev–Trinajstić information content (AvgIpc) is 3.19. The minimum atomic E-state index is -0.695. The molecule has 3 rings (SSSR count). The predicted molar refractivity (Wildman–Crippen MR) is 111 cm³/mol. The van der Waals surface area contributed by atoms with Crippen LogP contribution in [0.4, 0.5) is 0 Å². The number of carbonyl (C=O) groups is 2. The summed E-state index contributed by atoms with van der Waals surface area (Å²) in [6.07, 6.45) is 2.59. The topological polar surface area (TPSA) is 98.9 Å². The molecule has 8 nitrogen and oxygen atoms in total. The second-order valence-electron chi connectivity index (χ2n) is 6.42. The fourth-order valence-corrected chi connectivity index (χ4v) is 3.20. The van der Waals surface area contributed by atoms with Crippen molar-refractivity contribution in [2.75, 3.05) is 34.5 Å². The van der Waals surface area contributed by atoms with Crippen LogP contribution in [-0.2, 0) is 16.0 Å². The van der Waals surface area contributed by atoms with E-state index in [4.69, 9.17) is 18.9 Å². The van der Waals surface area contributed by atoms with E-state index in [0.29, 0.717) is 18.7 Å². The van der Waals surface area contributed by atoms with Gasteiger partial charge in [0.15, 0.2) is 18.1 Å². The molecule has 0 atom stereocenters. The molecule has 0 bridgehead atoms. The van der Waals surface area contributed by atoms with Crippen LogP contribution in [0, 0.1) is 0 Å². The summed E-state index contributed by atoms with van der Waals surface area (Å²) in [5, 5.41) is 3.88. The summed E-state index contributed by atoms with van der Waals surface area (Å²) in [6, 6.07) is 11.0. The third-order valence-electron chi connectivity index (χ3n) is 4.65. The smallest absolute Gasteiger partial charge is 0.342 e. The van der Waals surface area contributed by atoms with E-state index in [1.54, 1.807) is 6.07 Å². The Morgan fingerprint density at radius 3 is 2.47 bits per heavy atom. The highest BCUT2D eigenvalue weighted by Gasteiger charge is 2.22. The van der Waals surface area contributed by atoms with E-state index in [1.165, 1.54) is 27.4 Å². The summed E-state index contributed by atoms with van der Waals surface area (Å²) in [5.74, 6) is -0.206. The van der Waals surface area contributed by atoms with Gasteiger partial charge in [-0.3, -0.25) is 4.79 Å². The maximum Gasteiger partial charge on any atom is 0.342 e. The van der Waals surface area contributed by atoms with Gasteiger partial charge in [0.05, 0.1) is 21.3 Å². The minimum absolute atomic E-state index is 0.141. The van der Waals surface area contributed by atoms with Gasteiger partial charge in [0.25, 0.3) is 5.91 Å². The zero-order valence-electron chi connectivity index (χ0n) is 17.1. The third-order valence-corrected chi connectivity index (χ3v) is 4.65. The van der Waals surface area contributed by atoms with Gasteiger partial charge in [-0.2, -0.15) is 0 Å². The molecule has 0 aliphatic heterocycles. The number of benzene rings is 2. The van der Waals surface area contributed by atoms with Crippen molar-refractivity contribution < 1.29 is 28.5 Å². The molecule has 1 heterocycles. The first-order valence-corrected chi connectivity index (χ1v) is 9.36. The van der Waals surface area contributed by atoms with Crippen LogP contribution in [0.3, 0.4) is 0 Å². The van der Waals surface area contributed by atoms with Crippen LogP contribution < -0.4 is 19.5 Å². The van der Waals surface area contributed by atoms with Crippen LogP contribution in [-0.4, -0.2) is 51.3 Å². The van der Waals surface area contributed by atoms with E-state index in [9.17, 15) is 9.59 Å². The van der Waals surface area contributed by atoms with Gasteiger partial charge >= 0.3 is 5.97 Å². The van der Waals surface area contributed by atoms with E-state index in [2.05, 4.69) is 10.3 Å². The van der Waals surface area contributed by atoms with Gasteiger partial charge in [0.2, 0.25) is 5.75 Å². The van der Waals surface area contributed by atoms with Gasteiger partial charge in [-0.1, -0.05) is 18.2 Å². The summed E-state index contributed by atoms with van der Waals surface area (Å²) in [4.78, 5) is 27.7. The van der Waals surface area contributed by atoms with Crippen LogP contribution in [0.1, 0.15) is 15.9 Å². The van der Waals surface area contributed by atoms with Crippen LogP contribution >= 0.6 is 0 Å². The molecular formula is C22H24N2O6. The molecule has 0 radical (unpaired) electrons. The number of nitrogens with one attached hydrogen (secondary N) is 2. The van der Waals surface area contributed by atoms with Gasteiger partial charge in [0.1, 0.15) is 5.56 Å². The molecule has 2 N–H and O–H groups in total. The number of esters is 1. The van der Waals surface area contributed by atoms with Crippen LogP contribution in [0.15, 0.2) is 42.6 Å². The Morgan fingerprint density at radius 1 is 0.967 bits per heavy atom. The van der Waals surface area contributed by atoms with Crippen molar-refractivity contribution in [3.8, 4) is 17.2 Å². The number of fused-ring (bicyclic) bond motifs is 1. The number of hydrogen-bond acceptors (Lipinski definition) is 6. The lowest BCUT2D eigenvalue weighted by Crippen LogP contribution is -2.30. The normalized spacial score (nSPS) is 10.5. The Hall–Kier alpha value is -3.68. The molecular weight excluding hydrogens is 388 g/mol. The highest BCUT2D eigenvalue weighted by atomic mass is 16.5. The van der Waals surface area contributed by atoms with Gasteiger partial charge in [-0.25, -0.2) is 4.79 Å². The summed E-state index contributed by atoms with van der Waals surface area (Å²) in [5.41, 5.74) is 2.30. The average molecular weight is 412 g/mol. The number of hydrogen-bond donors (Lipinski definition) is 2. The lowest BCUT2D eigenvalue weighted by molar-refractivity contribution is -0.124. The summed E-state index contributed by atoms with van der Waals surface area (Å²) < 4.78 is 20.8. The van der Waals surface area contributed by atoms with Crippen molar-refractivity contribution in [3.05, 3.63) is 53.7 Å². The highest BCUT2D eigenvalue weighted by molar-refractivity contribution is 5.95. The maximum atomic E-state index is 12.4. The first-order chi connectivity index (χ1) is 14.6. The summed E-state index contributed by atoms with van der Waals surface area (Å²) in [6.45, 7) is 0.0299. The Labute approximate surface area is 174 Å². The molecule has 0 fully saturated rings. The number of para-hydroxylation sites is 1. The first-order valence-electron chi connectivity index (χ1n) is 9.36. The maximum absolute atomic E-state index is 12.4. The second kappa shape index (κ2) is 9.69. The van der Waals surface area contributed by atoms with Crippen molar-refractivity contribution in [2.45, 2.75) is 6.42 Å². The molecule has 158 valence electrons. The number of amides is 1. The van der Waals surface area contributed by atoms with Crippen molar-refractivity contribution in [3.63, 3.8) is 0 Å². The fourth-order valence-electron chi connectivity index (χ4n) is 3.20. The van der Waals surface area contributed by atoms with Gasteiger partial charge in [0, 0.05) is 23.6 Å². The van der Waals surface area contributed by atoms with Crippen LogP contribution in [0.25, 0.3) is 10.9 Å².